The Labute approximate surface area is 82.4 Å². The first-order valence-electron chi connectivity index (χ1n) is 4.76. The second-order valence-electron chi connectivity index (χ2n) is 3.17. The predicted molar refractivity (Wildman–Crippen MR) is 51.5 cm³/mol. The molecule has 0 aromatic carbocycles. The molecule has 5 heteroatoms. The lowest BCUT2D eigenvalue weighted by atomic mass is 10.2. The van der Waals surface area contributed by atoms with E-state index in [1.165, 1.54) is 6.20 Å². The van der Waals surface area contributed by atoms with Gasteiger partial charge in [-0.3, -0.25) is 10.0 Å². The lowest BCUT2D eigenvalue weighted by molar-refractivity contribution is -0.140. The summed E-state index contributed by atoms with van der Waals surface area (Å²) in [5.41, 5.74) is 3.62. The maximum Gasteiger partial charge on any atom is 0.357 e. The molecular formula is C9H13N3O2. The number of carbonyl (C=O) groups excluding carboxylic acids is 1. The van der Waals surface area contributed by atoms with Crippen LogP contribution in [0.5, 0.6) is 0 Å². The molecule has 0 aliphatic carbocycles. The molecule has 1 fully saturated rings. The minimum atomic E-state index is -0.316. The van der Waals surface area contributed by atoms with Gasteiger partial charge >= 0.3 is 5.97 Å². The lowest BCUT2D eigenvalue weighted by Crippen LogP contribution is -2.41. The second kappa shape index (κ2) is 3.79. The summed E-state index contributed by atoms with van der Waals surface area (Å²) >= 11 is 0. The van der Waals surface area contributed by atoms with Gasteiger partial charge in [-0.2, -0.15) is 0 Å². The standard InChI is InChI=1S/C9H13N3O2/c1-2-14-9(13)8-6-10-5-7-3-4-11-12(7)8/h5-7,11H,2-4H2,1H3. The molecule has 0 saturated carbocycles. The van der Waals surface area contributed by atoms with Gasteiger partial charge in [-0.15, -0.1) is 0 Å². The Hall–Kier alpha value is -1.36. The lowest BCUT2D eigenvalue weighted by Gasteiger charge is -2.26. The molecule has 0 bridgehead atoms. The Morgan fingerprint density at radius 2 is 2.71 bits per heavy atom. The number of nitrogens with one attached hydrogen (secondary N) is 1. The molecule has 1 saturated heterocycles. The molecule has 2 aliphatic rings. The zero-order valence-corrected chi connectivity index (χ0v) is 8.06. The van der Waals surface area contributed by atoms with Gasteiger partial charge in [0.05, 0.1) is 18.8 Å². The Bertz CT molecular complexity index is 298. The van der Waals surface area contributed by atoms with E-state index in [1.807, 2.05) is 11.2 Å². The number of rotatable bonds is 2. The highest BCUT2D eigenvalue weighted by molar-refractivity contribution is 5.89. The average molecular weight is 195 g/mol. The number of fused-ring (bicyclic) bond motifs is 1. The molecule has 1 unspecified atom stereocenters. The molecule has 5 nitrogen and oxygen atoms in total. The van der Waals surface area contributed by atoms with E-state index in [4.69, 9.17) is 4.74 Å². The number of nitrogens with zero attached hydrogens (tertiary/aromatic N) is 2. The van der Waals surface area contributed by atoms with Crippen molar-refractivity contribution in [2.24, 2.45) is 4.99 Å². The minimum absolute atomic E-state index is 0.194. The molecule has 0 spiro atoms. The van der Waals surface area contributed by atoms with Gasteiger partial charge in [0.1, 0.15) is 0 Å². The highest BCUT2D eigenvalue weighted by Gasteiger charge is 2.31. The number of hydrogen-bond donors (Lipinski definition) is 1. The highest BCUT2D eigenvalue weighted by atomic mass is 16.5. The van der Waals surface area contributed by atoms with Crippen LogP contribution in [0.2, 0.25) is 0 Å². The number of carbonyl (C=O) groups is 1. The molecule has 2 aliphatic heterocycles. The fraction of sp³-hybridized carbons (Fsp3) is 0.556. The monoisotopic (exact) mass is 195 g/mol. The summed E-state index contributed by atoms with van der Waals surface area (Å²) in [6.07, 6.45) is 4.34. The third-order valence-corrected chi connectivity index (χ3v) is 2.25. The zero-order chi connectivity index (χ0) is 9.97. The normalized spacial score (nSPS) is 24.5. The highest BCUT2D eigenvalue weighted by Crippen LogP contribution is 2.18. The van der Waals surface area contributed by atoms with E-state index in [9.17, 15) is 4.79 Å². The number of ether oxygens (including phenoxy) is 1. The molecular weight excluding hydrogens is 182 g/mol. The Balaban J connectivity index is 2.13. The van der Waals surface area contributed by atoms with Crippen LogP contribution in [0, 0.1) is 0 Å². The minimum Gasteiger partial charge on any atom is -0.461 e. The van der Waals surface area contributed by atoms with E-state index < -0.39 is 0 Å². The number of hydrogen-bond acceptors (Lipinski definition) is 5. The molecule has 2 heterocycles. The summed E-state index contributed by atoms with van der Waals surface area (Å²) in [7, 11) is 0. The van der Waals surface area contributed by atoms with Crippen molar-refractivity contribution in [2.75, 3.05) is 13.2 Å². The van der Waals surface area contributed by atoms with E-state index in [-0.39, 0.29) is 12.0 Å². The van der Waals surface area contributed by atoms with Crippen LogP contribution in [0.15, 0.2) is 16.9 Å². The fourth-order valence-corrected chi connectivity index (χ4v) is 1.62. The number of esters is 1. The predicted octanol–water partition coefficient (Wildman–Crippen LogP) is 0.0542. The molecule has 2 rings (SSSR count). The SMILES string of the molecule is CCOC(=O)C1=CN=CC2CCNN12. The average Bonchev–Trinajstić information content (AvgIpc) is 2.65. The topological polar surface area (TPSA) is 53.9 Å². The van der Waals surface area contributed by atoms with Crippen LogP contribution < -0.4 is 5.43 Å². The molecule has 76 valence electrons. The maximum atomic E-state index is 11.5. The first kappa shape index (κ1) is 9.21. The van der Waals surface area contributed by atoms with Gasteiger partial charge in [-0.25, -0.2) is 10.2 Å². The van der Waals surface area contributed by atoms with Crippen molar-refractivity contribution in [1.82, 2.24) is 10.4 Å². The molecule has 0 aromatic heterocycles. The van der Waals surface area contributed by atoms with Gasteiger partial charge < -0.3 is 4.74 Å². The number of aliphatic imine (C=N–C) groups is 1. The molecule has 0 amide bonds. The third-order valence-electron chi connectivity index (χ3n) is 2.25. The van der Waals surface area contributed by atoms with E-state index in [2.05, 4.69) is 10.4 Å². The van der Waals surface area contributed by atoms with Crippen LogP contribution in [0.1, 0.15) is 13.3 Å². The molecule has 0 aromatic rings. The van der Waals surface area contributed by atoms with Crippen LogP contribution in [-0.4, -0.2) is 36.4 Å². The van der Waals surface area contributed by atoms with Gasteiger partial charge in [0.25, 0.3) is 0 Å². The van der Waals surface area contributed by atoms with Crippen LogP contribution >= 0.6 is 0 Å². The fourth-order valence-electron chi connectivity index (χ4n) is 1.62. The van der Waals surface area contributed by atoms with E-state index in [0.29, 0.717) is 12.3 Å². The van der Waals surface area contributed by atoms with Crippen LogP contribution in [-0.2, 0) is 9.53 Å². The van der Waals surface area contributed by atoms with Crippen molar-refractivity contribution >= 4 is 12.2 Å². The smallest absolute Gasteiger partial charge is 0.357 e. The van der Waals surface area contributed by atoms with Gasteiger partial charge in [0.2, 0.25) is 0 Å². The largest absolute Gasteiger partial charge is 0.461 e. The van der Waals surface area contributed by atoms with Crippen molar-refractivity contribution in [2.45, 2.75) is 19.4 Å². The molecule has 1 N–H and O–H groups in total. The van der Waals surface area contributed by atoms with E-state index in [0.717, 1.165) is 13.0 Å². The molecule has 0 radical (unpaired) electrons. The molecule has 14 heavy (non-hydrogen) atoms. The summed E-state index contributed by atoms with van der Waals surface area (Å²) in [6, 6.07) is 0.194. The van der Waals surface area contributed by atoms with Crippen molar-refractivity contribution in [1.29, 1.82) is 0 Å². The summed E-state index contributed by atoms with van der Waals surface area (Å²) in [5, 5.41) is 1.82. The van der Waals surface area contributed by atoms with Crippen molar-refractivity contribution in [3.8, 4) is 0 Å². The van der Waals surface area contributed by atoms with E-state index >= 15 is 0 Å². The van der Waals surface area contributed by atoms with Crippen LogP contribution in [0.25, 0.3) is 0 Å². The van der Waals surface area contributed by atoms with Gasteiger partial charge in [0.15, 0.2) is 5.70 Å². The zero-order valence-electron chi connectivity index (χ0n) is 8.06. The summed E-state index contributed by atoms with van der Waals surface area (Å²) in [4.78, 5) is 15.5. The van der Waals surface area contributed by atoms with Crippen molar-refractivity contribution in [3.63, 3.8) is 0 Å². The Morgan fingerprint density at radius 3 is 3.50 bits per heavy atom. The first-order valence-corrected chi connectivity index (χ1v) is 4.76. The summed E-state index contributed by atoms with van der Waals surface area (Å²) in [5.74, 6) is -0.316. The number of hydrazine groups is 1. The van der Waals surface area contributed by atoms with Crippen molar-refractivity contribution < 1.29 is 9.53 Å². The van der Waals surface area contributed by atoms with Gasteiger partial charge in [0, 0.05) is 12.8 Å². The third kappa shape index (κ3) is 1.50. The quantitative estimate of drug-likeness (QED) is 0.633. The van der Waals surface area contributed by atoms with Gasteiger partial charge in [-0.05, 0) is 13.3 Å². The summed E-state index contributed by atoms with van der Waals surface area (Å²) in [6.45, 7) is 3.05. The van der Waals surface area contributed by atoms with E-state index in [1.54, 1.807) is 6.92 Å². The Morgan fingerprint density at radius 1 is 1.86 bits per heavy atom. The summed E-state index contributed by atoms with van der Waals surface area (Å²) < 4.78 is 4.93. The second-order valence-corrected chi connectivity index (χ2v) is 3.17. The molecule has 1 atom stereocenters. The Kier molecular flexibility index (Phi) is 2.49. The maximum absolute atomic E-state index is 11.5. The first-order chi connectivity index (χ1) is 6.83. The van der Waals surface area contributed by atoms with Crippen molar-refractivity contribution in [3.05, 3.63) is 11.9 Å². The van der Waals surface area contributed by atoms with Crippen LogP contribution in [0.4, 0.5) is 0 Å². The van der Waals surface area contributed by atoms with Gasteiger partial charge in [-0.1, -0.05) is 0 Å². The van der Waals surface area contributed by atoms with Crippen LogP contribution in [0.3, 0.4) is 0 Å².